The minimum Gasteiger partial charge on any atom is -0.370 e. The van der Waals surface area contributed by atoms with E-state index in [1.807, 2.05) is 78.7 Å². The van der Waals surface area contributed by atoms with Crippen LogP contribution in [0.2, 0.25) is 0 Å². The molecular formula is C26H29N3O4. The molecule has 33 heavy (non-hydrogen) atoms. The lowest BCUT2D eigenvalue weighted by Crippen LogP contribution is -2.35. The number of nitrogens with zero attached hydrogens (tertiary/aromatic N) is 2. The minimum atomic E-state index is -0.465. The number of imide groups is 1. The van der Waals surface area contributed by atoms with E-state index in [0.717, 1.165) is 35.2 Å². The first kappa shape index (κ1) is 23.9. The summed E-state index contributed by atoms with van der Waals surface area (Å²) in [4.78, 5) is 39.5. The zero-order valence-electron chi connectivity index (χ0n) is 18.7. The first-order valence-electron chi connectivity index (χ1n) is 10.9. The monoisotopic (exact) mass is 447 g/mol. The maximum absolute atomic E-state index is 13.2. The maximum atomic E-state index is 13.2. The molecular weight excluding hydrogens is 418 g/mol. The summed E-state index contributed by atoms with van der Waals surface area (Å²) >= 11 is 0. The van der Waals surface area contributed by atoms with Crippen LogP contribution in [-0.2, 0) is 33.8 Å². The largest absolute Gasteiger partial charge is 0.370 e. The van der Waals surface area contributed by atoms with Gasteiger partial charge in [0, 0.05) is 25.8 Å². The Hall–Kier alpha value is -3.71. The minimum absolute atomic E-state index is 0.101. The fourth-order valence-corrected chi connectivity index (χ4v) is 3.82. The lowest BCUT2D eigenvalue weighted by Gasteiger charge is -2.28. The zero-order chi connectivity index (χ0) is 23.6. The third kappa shape index (κ3) is 6.63. The summed E-state index contributed by atoms with van der Waals surface area (Å²) in [5.41, 5.74) is 5.86. The predicted molar refractivity (Wildman–Crippen MR) is 125 cm³/mol. The van der Waals surface area contributed by atoms with Gasteiger partial charge in [-0.15, -0.1) is 0 Å². The summed E-state index contributed by atoms with van der Waals surface area (Å²) in [6.45, 7) is 0.887. The van der Waals surface area contributed by atoms with Crippen LogP contribution in [0.1, 0.15) is 29.5 Å². The van der Waals surface area contributed by atoms with E-state index in [1.165, 1.54) is 4.90 Å². The van der Waals surface area contributed by atoms with E-state index >= 15 is 0 Å². The molecule has 0 heterocycles. The summed E-state index contributed by atoms with van der Waals surface area (Å²) in [7, 11) is 1.92. The van der Waals surface area contributed by atoms with E-state index < -0.39 is 5.91 Å². The lowest BCUT2D eigenvalue weighted by molar-refractivity contribution is -0.135. The Kier molecular flexibility index (Phi) is 8.55. The molecule has 172 valence electrons. The topological polar surface area (TPSA) is 90.0 Å². The Bertz CT molecular complexity index is 1030. The average molecular weight is 448 g/mol. The van der Waals surface area contributed by atoms with Crippen molar-refractivity contribution in [2.75, 3.05) is 13.6 Å². The molecule has 0 atom stereocenters. The number of allylic oxidation sites excluding steroid dienone is 2. The molecule has 7 heteroatoms. The fourth-order valence-electron chi connectivity index (χ4n) is 3.82. The van der Waals surface area contributed by atoms with Crippen LogP contribution in [0.3, 0.4) is 0 Å². The second kappa shape index (κ2) is 11.8. The molecule has 2 aromatic carbocycles. The van der Waals surface area contributed by atoms with E-state index in [-0.39, 0.29) is 12.3 Å². The Balaban J connectivity index is 1.65. The zero-order valence-corrected chi connectivity index (χ0v) is 18.7. The van der Waals surface area contributed by atoms with E-state index in [9.17, 15) is 14.4 Å². The Morgan fingerprint density at radius 3 is 2.30 bits per heavy atom. The van der Waals surface area contributed by atoms with Gasteiger partial charge in [0.15, 0.2) is 0 Å². The molecule has 3 amide bonds. The van der Waals surface area contributed by atoms with E-state index in [0.29, 0.717) is 31.5 Å². The SMILES string of the molecule is CN(Cc1ccc(CC(=O)NO)cc1)C1=CCCC=C1C(=O)N(C=O)CCc1ccccc1. The molecule has 0 saturated heterocycles. The van der Waals surface area contributed by atoms with Crippen molar-refractivity contribution in [3.8, 4) is 0 Å². The number of likely N-dealkylation sites (N-methyl/N-ethyl adjacent to an activating group) is 1. The molecule has 0 aliphatic heterocycles. The van der Waals surface area contributed by atoms with Gasteiger partial charge in [0.25, 0.3) is 5.91 Å². The molecule has 0 fully saturated rings. The molecule has 1 aliphatic rings. The van der Waals surface area contributed by atoms with Gasteiger partial charge in [-0.3, -0.25) is 24.5 Å². The highest BCUT2D eigenvalue weighted by Gasteiger charge is 2.24. The van der Waals surface area contributed by atoms with Crippen LogP contribution >= 0.6 is 0 Å². The predicted octanol–water partition coefficient (Wildman–Crippen LogP) is 3.00. The van der Waals surface area contributed by atoms with Crippen molar-refractivity contribution in [2.24, 2.45) is 0 Å². The Morgan fingerprint density at radius 2 is 1.64 bits per heavy atom. The molecule has 0 unspecified atom stereocenters. The summed E-state index contributed by atoms with van der Waals surface area (Å²) in [5.74, 6) is -0.753. The molecule has 0 bridgehead atoms. The summed E-state index contributed by atoms with van der Waals surface area (Å²) in [5, 5.41) is 8.66. The fraction of sp³-hybridized carbons (Fsp3) is 0.269. The highest BCUT2D eigenvalue weighted by atomic mass is 16.5. The molecule has 3 rings (SSSR count). The van der Waals surface area contributed by atoms with Gasteiger partial charge in [-0.05, 0) is 36.0 Å². The molecule has 0 aromatic heterocycles. The third-order valence-corrected chi connectivity index (χ3v) is 5.57. The second-order valence-electron chi connectivity index (χ2n) is 8.01. The molecule has 1 aliphatic carbocycles. The Labute approximate surface area is 194 Å². The Morgan fingerprint density at radius 1 is 0.970 bits per heavy atom. The number of amides is 3. The van der Waals surface area contributed by atoms with E-state index in [1.54, 1.807) is 5.48 Å². The van der Waals surface area contributed by atoms with Gasteiger partial charge < -0.3 is 4.90 Å². The van der Waals surface area contributed by atoms with Gasteiger partial charge in [-0.2, -0.15) is 0 Å². The van der Waals surface area contributed by atoms with E-state index in [4.69, 9.17) is 5.21 Å². The van der Waals surface area contributed by atoms with Crippen molar-refractivity contribution in [3.63, 3.8) is 0 Å². The number of carbonyl (C=O) groups excluding carboxylic acids is 3. The molecule has 2 N–H and O–H groups in total. The molecule has 0 spiro atoms. The average Bonchev–Trinajstić information content (AvgIpc) is 2.86. The second-order valence-corrected chi connectivity index (χ2v) is 8.01. The van der Waals surface area contributed by atoms with Crippen molar-refractivity contribution in [1.82, 2.24) is 15.3 Å². The van der Waals surface area contributed by atoms with Gasteiger partial charge in [-0.25, -0.2) is 5.48 Å². The van der Waals surface area contributed by atoms with Crippen LogP contribution in [0, 0.1) is 0 Å². The van der Waals surface area contributed by atoms with Crippen LogP contribution in [0.5, 0.6) is 0 Å². The highest BCUT2D eigenvalue weighted by molar-refractivity contribution is 6.02. The number of hydroxylamine groups is 1. The van der Waals surface area contributed by atoms with E-state index in [2.05, 4.69) is 0 Å². The van der Waals surface area contributed by atoms with Gasteiger partial charge in [0.05, 0.1) is 12.0 Å². The number of benzene rings is 2. The first-order valence-corrected chi connectivity index (χ1v) is 10.9. The number of hydrogen-bond donors (Lipinski definition) is 2. The third-order valence-electron chi connectivity index (χ3n) is 5.57. The van der Waals surface area contributed by atoms with Crippen molar-refractivity contribution in [2.45, 2.75) is 32.2 Å². The van der Waals surface area contributed by atoms with Crippen molar-refractivity contribution < 1.29 is 19.6 Å². The van der Waals surface area contributed by atoms with Crippen molar-refractivity contribution in [3.05, 3.63) is 94.7 Å². The maximum Gasteiger partial charge on any atom is 0.262 e. The molecule has 0 radical (unpaired) electrons. The normalized spacial score (nSPS) is 12.9. The van der Waals surface area contributed by atoms with Gasteiger partial charge in [0.1, 0.15) is 0 Å². The summed E-state index contributed by atoms with van der Waals surface area (Å²) in [6.07, 6.45) is 6.84. The van der Waals surface area contributed by atoms with Crippen molar-refractivity contribution in [1.29, 1.82) is 0 Å². The van der Waals surface area contributed by atoms with Crippen LogP contribution < -0.4 is 5.48 Å². The number of hydrogen-bond acceptors (Lipinski definition) is 5. The van der Waals surface area contributed by atoms with Crippen LogP contribution in [0.15, 0.2) is 78.0 Å². The summed E-state index contributed by atoms with van der Waals surface area (Å²) < 4.78 is 0. The molecule has 0 saturated carbocycles. The quantitative estimate of drug-likeness (QED) is 0.332. The molecule has 2 aromatic rings. The smallest absolute Gasteiger partial charge is 0.262 e. The van der Waals surface area contributed by atoms with Crippen molar-refractivity contribution >= 4 is 18.2 Å². The lowest BCUT2D eigenvalue weighted by atomic mass is 10.00. The number of nitrogens with one attached hydrogen (secondary N) is 1. The van der Waals surface area contributed by atoms with Crippen LogP contribution in [0.4, 0.5) is 0 Å². The highest BCUT2D eigenvalue weighted by Crippen LogP contribution is 2.25. The van der Waals surface area contributed by atoms with Gasteiger partial charge in [0.2, 0.25) is 12.3 Å². The standard InChI is InChI=1S/C26H29N3O4/c1-28(18-22-13-11-21(12-14-22)17-25(31)27-33)24-10-6-5-9-23(24)26(32)29(19-30)16-15-20-7-3-2-4-8-20/h2-4,7-14,19,33H,5-6,15-18H2,1H3,(H,27,31). The summed E-state index contributed by atoms with van der Waals surface area (Å²) in [6, 6.07) is 17.3. The van der Waals surface area contributed by atoms with Crippen LogP contribution in [0.25, 0.3) is 0 Å². The van der Waals surface area contributed by atoms with Gasteiger partial charge in [-0.1, -0.05) is 66.7 Å². The number of rotatable bonds is 10. The van der Waals surface area contributed by atoms with Crippen LogP contribution in [-0.4, -0.2) is 46.8 Å². The number of carbonyl (C=O) groups is 3. The molecule has 7 nitrogen and oxygen atoms in total. The van der Waals surface area contributed by atoms with Gasteiger partial charge >= 0.3 is 0 Å². The first-order chi connectivity index (χ1) is 16.0.